The number of Topliss-reactive ketones (excluding diaryl/α,β-unsaturated/α-hetero) is 1. The Balaban J connectivity index is 2.55. The second-order valence-electron chi connectivity index (χ2n) is 4.57. The van der Waals surface area contributed by atoms with Crippen LogP contribution in [-0.2, 0) is 11.2 Å². The molecule has 3 rings (SSSR count). The van der Waals surface area contributed by atoms with Gasteiger partial charge < -0.3 is 9.47 Å². The van der Waals surface area contributed by atoms with Crippen LogP contribution in [0.2, 0.25) is 0 Å². The van der Waals surface area contributed by atoms with Crippen LogP contribution >= 0.6 is 0 Å². The number of hydrogen-bond donors (Lipinski definition) is 0. The third kappa shape index (κ3) is 3.09. The van der Waals surface area contributed by atoms with E-state index in [0.29, 0.717) is 0 Å². The summed E-state index contributed by atoms with van der Waals surface area (Å²) >= 11 is 0. The minimum absolute atomic E-state index is 0.199. The van der Waals surface area contributed by atoms with E-state index in [2.05, 4.69) is 0 Å². The third-order valence-corrected chi connectivity index (χ3v) is 3.16. The SMILES string of the molecule is [2H]c1c(OC([2H])([2H])[2H])c(OC)c([2H])c2c1C([2H])([2H])C([2H])([2H])N1CC([2H])(C([2H])([2H])C([2H])(C([2H])([2H])[2H])C([2H])([2H])[2H])C(=O)C([2H])([2H])C21[2H]. The average molecular weight is 340 g/mol. The first-order chi connectivity index (χ1) is 19.6. The molecule has 2 aliphatic heterocycles. The predicted octanol–water partition coefficient (Wildman–Crippen LogP) is 3.24. The van der Waals surface area contributed by atoms with Gasteiger partial charge in [-0.2, -0.15) is 0 Å². The summed E-state index contributed by atoms with van der Waals surface area (Å²) in [5.41, 5.74) is -2.59. The van der Waals surface area contributed by atoms with E-state index in [1.165, 1.54) is 0 Å². The molecule has 1 aromatic rings. The Morgan fingerprint density at radius 1 is 1.57 bits per heavy atom. The predicted molar refractivity (Wildman–Crippen MR) is 90.1 cm³/mol. The highest BCUT2D eigenvalue weighted by Gasteiger charge is 2.38. The van der Waals surface area contributed by atoms with Gasteiger partial charge in [-0.3, -0.25) is 9.69 Å². The molecule has 1 fully saturated rings. The molecule has 2 heterocycles. The summed E-state index contributed by atoms with van der Waals surface area (Å²) in [6, 6.07) is -6.26. The molecule has 4 nitrogen and oxygen atoms in total. The zero-order chi connectivity index (χ0) is 35.7. The Morgan fingerprint density at radius 3 is 3.13 bits per heavy atom. The lowest BCUT2D eigenvalue weighted by Gasteiger charge is -2.43. The minimum Gasteiger partial charge on any atom is -0.493 e. The molecule has 2 atom stereocenters. The van der Waals surface area contributed by atoms with E-state index in [1.54, 1.807) is 0 Å². The van der Waals surface area contributed by atoms with E-state index in [-0.39, 0.29) is 4.90 Å². The highest BCUT2D eigenvalue weighted by atomic mass is 16.5. The molecule has 2 aliphatic rings. The van der Waals surface area contributed by atoms with Crippen molar-refractivity contribution in [2.24, 2.45) is 11.8 Å². The molecule has 2 unspecified atom stereocenters. The Bertz CT molecular complexity index is 1400. The number of benzene rings is 1. The van der Waals surface area contributed by atoms with E-state index in [9.17, 15) is 6.17 Å². The summed E-state index contributed by atoms with van der Waals surface area (Å²) < 4.78 is 190. The number of carbonyl (C=O) groups is 1. The van der Waals surface area contributed by atoms with Crippen LogP contribution in [0.4, 0.5) is 0 Å². The van der Waals surface area contributed by atoms with Gasteiger partial charge in [0.15, 0.2) is 11.5 Å². The molecule has 126 valence electrons. The fraction of sp³-hybridized carbons (Fsp3) is 0.632. The van der Waals surface area contributed by atoms with Crippen LogP contribution in [0.5, 0.6) is 11.5 Å². The van der Waals surface area contributed by atoms with Crippen molar-refractivity contribution in [2.75, 3.05) is 27.2 Å². The summed E-state index contributed by atoms with van der Waals surface area (Å²) in [6.45, 7) is -14.0. The van der Waals surface area contributed by atoms with Gasteiger partial charge in [0.1, 0.15) is 5.78 Å². The van der Waals surface area contributed by atoms with E-state index >= 15 is 0 Å². The van der Waals surface area contributed by atoms with Crippen LogP contribution in [0.3, 0.4) is 0 Å². The number of carbonyl (C=O) groups excluding carboxylic acids is 1. The number of rotatable bonds is 4. The molecule has 0 amide bonds. The molecule has 1 saturated heterocycles. The minimum atomic E-state index is -4.40. The number of hydrogen-bond acceptors (Lipinski definition) is 4. The molecular weight excluding hydrogens is 290 g/mol. The standard InChI is InChI=1S/C19H27NO3/c1-12(2)7-14-11-20-6-5-13-8-18(22-3)19(23-4)9-15(13)16(20)10-17(14)21/h8-9,12,14,16H,5-7,10-11H2,1-4H3/i1D3,2D3,3D3,5D2,6D2,7D2,8D,9D,10D2,12D,14D,16D. The molecule has 0 N–H and O–H groups in total. The van der Waals surface area contributed by atoms with Crippen LogP contribution in [-0.4, -0.2) is 37.9 Å². The topological polar surface area (TPSA) is 38.8 Å². The van der Waals surface area contributed by atoms with Gasteiger partial charge in [0.05, 0.1) is 22.4 Å². The average Bonchev–Trinajstić information content (AvgIpc) is 2.83. The van der Waals surface area contributed by atoms with E-state index in [1.807, 2.05) is 0 Å². The maximum atomic E-state index is 13.9. The second kappa shape index (κ2) is 6.52. The second-order valence-corrected chi connectivity index (χ2v) is 4.57. The monoisotopic (exact) mass is 339 g/mol. The van der Waals surface area contributed by atoms with Gasteiger partial charge in [0, 0.05) is 53.3 Å². The van der Waals surface area contributed by atoms with Gasteiger partial charge >= 0.3 is 0 Å². The summed E-state index contributed by atoms with van der Waals surface area (Å²) in [4.78, 5) is 13.7. The van der Waals surface area contributed by atoms with Crippen molar-refractivity contribution in [2.45, 2.75) is 38.8 Å². The van der Waals surface area contributed by atoms with Crippen molar-refractivity contribution in [1.29, 1.82) is 0 Å². The van der Waals surface area contributed by atoms with Crippen molar-refractivity contribution in [3.63, 3.8) is 0 Å². The lowest BCUT2D eigenvalue weighted by Crippen LogP contribution is -2.46. The molecule has 0 aromatic heterocycles. The lowest BCUT2D eigenvalue weighted by molar-refractivity contribution is -0.129. The van der Waals surface area contributed by atoms with Gasteiger partial charge in [-0.1, -0.05) is 13.7 Å². The van der Waals surface area contributed by atoms with Crippen LogP contribution in [0.15, 0.2) is 12.1 Å². The first-order valence-corrected chi connectivity index (χ1v) is 6.34. The Morgan fingerprint density at radius 2 is 2.39 bits per heavy atom. The Hall–Kier alpha value is -1.55. The molecule has 0 saturated carbocycles. The molecule has 23 heavy (non-hydrogen) atoms. The van der Waals surface area contributed by atoms with Gasteiger partial charge in [-0.05, 0) is 41.9 Å². The molecule has 0 radical (unpaired) electrons. The zero-order valence-electron chi connectivity index (χ0n) is 33.9. The number of nitrogens with zero attached hydrogens (tertiary/aromatic N) is 1. The van der Waals surface area contributed by atoms with Gasteiger partial charge in [-0.15, -0.1) is 0 Å². The Kier molecular flexibility index (Phi) is 1.23. The maximum Gasteiger partial charge on any atom is 0.161 e. The van der Waals surface area contributed by atoms with Gasteiger partial charge in [0.25, 0.3) is 0 Å². The van der Waals surface area contributed by atoms with Crippen LogP contribution < -0.4 is 9.47 Å². The highest BCUT2D eigenvalue weighted by Crippen LogP contribution is 2.42. The maximum absolute atomic E-state index is 13.9. The summed E-state index contributed by atoms with van der Waals surface area (Å²) in [6.07, 6.45) is -12.2. The summed E-state index contributed by atoms with van der Waals surface area (Å²) in [5.74, 6) is -12.8. The number of methoxy groups -OCH3 is 2. The number of ether oxygens (including phenoxy) is 2. The lowest BCUT2D eigenvalue weighted by atomic mass is 9.80. The van der Waals surface area contributed by atoms with Gasteiger partial charge in [0.2, 0.25) is 0 Å². The molecule has 0 bridgehead atoms. The number of fused-ring (bicyclic) bond motifs is 3. The molecule has 4 heteroatoms. The zero-order valence-corrected chi connectivity index (χ0v) is 11.9. The van der Waals surface area contributed by atoms with Crippen molar-refractivity contribution in [1.82, 2.24) is 4.90 Å². The van der Waals surface area contributed by atoms with E-state index < -0.39 is 111 Å². The quantitative estimate of drug-likeness (QED) is 0.844. The first kappa shape index (κ1) is 4.34. The normalized spacial score (nSPS) is 54.0. The molecule has 0 aliphatic carbocycles. The van der Waals surface area contributed by atoms with Crippen molar-refractivity contribution < 1.29 is 44.4 Å². The van der Waals surface area contributed by atoms with Crippen molar-refractivity contribution in [3.05, 3.63) is 23.2 Å². The van der Waals surface area contributed by atoms with Crippen LogP contribution in [0, 0.1) is 11.8 Å². The third-order valence-electron chi connectivity index (χ3n) is 3.16. The summed E-state index contributed by atoms with van der Waals surface area (Å²) in [5, 5.41) is 0. The fourth-order valence-electron chi connectivity index (χ4n) is 2.18. The smallest absolute Gasteiger partial charge is 0.161 e. The summed E-state index contributed by atoms with van der Waals surface area (Å²) in [7, 11) is -2.52. The largest absolute Gasteiger partial charge is 0.493 e. The van der Waals surface area contributed by atoms with E-state index in [4.69, 9.17) is 38.3 Å². The molecule has 0 spiro atoms. The molecule has 1 aromatic carbocycles. The van der Waals surface area contributed by atoms with Crippen LogP contribution in [0.1, 0.15) is 73.8 Å². The molecular formula is C19H27NO3. The van der Waals surface area contributed by atoms with E-state index in [0.717, 1.165) is 7.11 Å². The number of piperidine rings is 1. The Labute approximate surface area is 169 Å². The van der Waals surface area contributed by atoms with Gasteiger partial charge in [-0.25, -0.2) is 0 Å². The van der Waals surface area contributed by atoms with Crippen molar-refractivity contribution >= 4 is 5.78 Å². The van der Waals surface area contributed by atoms with Crippen molar-refractivity contribution in [3.8, 4) is 11.5 Å². The fourth-order valence-corrected chi connectivity index (χ4v) is 2.18. The number of ketones is 1. The van der Waals surface area contributed by atoms with Crippen LogP contribution in [0.25, 0.3) is 0 Å². The first-order valence-electron chi connectivity index (χ1n) is 17.3. The highest BCUT2D eigenvalue weighted by molar-refractivity contribution is 5.83.